The van der Waals surface area contributed by atoms with Crippen LogP contribution in [0.25, 0.3) is 11.1 Å². The molecule has 1 aromatic carbocycles. The van der Waals surface area contributed by atoms with E-state index in [9.17, 15) is 8.42 Å². The normalized spacial score (nSPS) is 12.0. The molecule has 3 aromatic rings. The van der Waals surface area contributed by atoms with Crippen molar-refractivity contribution in [3.63, 3.8) is 0 Å². The molecule has 0 amide bonds. The van der Waals surface area contributed by atoms with Crippen molar-refractivity contribution in [1.82, 2.24) is 9.71 Å². The van der Waals surface area contributed by atoms with Crippen LogP contribution in [0.1, 0.15) is 11.5 Å². The molecule has 3 rings (SSSR count). The molecule has 1 N–H and O–H groups in total. The van der Waals surface area contributed by atoms with E-state index in [-0.39, 0.29) is 0 Å². The Morgan fingerprint density at radius 1 is 1.33 bits per heavy atom. The van der Waals surface area contributed by atoms with Gasteiger partial charge in [-0.05, 0) is 35.6 Å². The molecule has 0 atom stereocenters. The highest BCUT2D eigenvalue weighted by molar-refractivity contribution is 7.91. The number of nitrogens with one attached hydrogen (secondary N) is 1. The van der Waals surface area contributed by atoms with Gasteiger partial charge in [0.2, 0.25) is 10.0 Å². The smallest absolute Gasteiger partial charge is 0.250 e. The number of nitrogens with zero attached hydrogens (tertiary/aromatic N) is 1. The third-order valence-electron chi connectivity index (χ3n) is 3.02. The van der Waals surface area contributed by atoms with Crippen molar-refractivity contribution in [1.29, 1.82) is 0 Å². The molecule has 21 heavy (non-hydrogen) atoms. The number of hydrogen-bond donors (Lipinski definition) is 1. The summed E-state index contributed by atoms with van der Waals surface area (Å²) in [6.45, 7) is 2.15. The summed E-state index contributed by atoms with van der Waals surface area (Å²) >= 11 is 1.21. The molecule has 7 heteroatoms. The van der Waals surface area contributed by atoms with E-state index in [1.54, 1.807) is 24.4 Å². The summed E-state index contributed by atoms with van der Waals surface area (Å²) in [7, 11) is -3.39. The lowest BCUT2D eigenvalue weighted by Gasteiger charge is -2.04. The van der Waals surface area contributed by atoms with E-state index in [4.69, 9.17) is 4.42 Å². The lowest BCUT2D eigenvalue weighted by atomic mass is 10.1. The van der Waals surface area contributed by atoms with Crippen LogP contribution in [0, 0.1) is 6.92 Å². The first-order valence-corrected chi connectivity index (χ1v) is 8.80. The zero-order valence-corrected chi connectivity index (χ0v) is 13.0. The summed E-state index contributed by atoms with van der Waals surface area (Å²) in [5.41, 5.74) is 2.56. The van der Waals surface area contributed by atoms with E-state index in [1.165, 1.54) is 11.3 Å². The number of thiophene rings is 1. The average Bonchev–Trinajstić information content (AvgIpc) is 3.06. The number of fused-ring (bicyclic) bond motifs is 1. The van der Waals surface area contributed by atoms with Crippen molar-refractivity contribution in [2.45, 2.75) is 17.6 Å². The SMILES string of the molecule is Cc1nc2cc(CCNS(=O)(=O)c3cccs3)ccc2o1. The van der Waals surface area contributed by atoms with Gasteiger partial charge in [-0.2, -0.15) is 0 Å². The Morgan fingerprint density at radius 2 is 2.19 bits per heavy atom. The highest BCUT2D eigenvalue weighted by Crippen LogP contribution is 2.18. The second-order valence-electron chi connectivity index (χ2n) is 4.61. The first-order chi connectivity index (χ1) is 10.0. The molecule has 2 heterocycles. The quantitative estimate of drug-likeness (QED) is 0.784. The Bertz CT molecular complexity index is 852. The van der Waals surface area contributed by atoms with Crippen LogP contribution in [-0.4, -0.2) is 19.9 Å². The van der Waals surface area contributed by atoms with Crippen molar-refractivity contribution in [3.05, 3.63) is 47.2 Å². The molecule has 0 spiro atoms. The predicted octanol–water partition coefficient (Wildman–Crippen LogP) is 2.72. The van der Waals surface area contributed by atoms with Gasteiger partial charge in [-0.3, -0.25) is 0 Å². The monoisotopic (exact) mass is 322 g/mol. The molecule has 110 valence electrons. The van der Waals surface area contributed by atoms with Crippen LogP contribution >= 0.6 is 11.3 Å². The van der Waals surface area contributed by atoms with Gasteiger partial charge in [0, 0.05) is 13.5 Å². The summed E-state index contributed by atoms with van der Waals surface area (Å²) in [5.74, 6) is 0.626. The predicted molar refractivity (Wildman–Crippen MR) is 82.0 cm³/mol. The molecule has 0 saturated heterocycles. The Balaban J connectivity index is 1.66. The number of sulfonamides is 1. The molecule has 0 aliphatic rings. The van der Waals surface area contributed by atoms with E-state index in [2.05, 4.69) is 9.71 Å². The van der Waals surface area contributed by atoms with Crippen LogP contribution in [0.15, 0.2) is 44.3 Å². The zero-order valence-electron chi connectivity index (χ0n) is 11.4. The minimum absolute atomic E-state index is 0.338. The van der Waals surface area contributed by atoms with E-state index < -0.39 is 10.0 Å². The van der Waals surface area contributed by atoms with Crippen molar-refractivity contribution in [3.8, 4) is 0 Å². The highest BCUT2D eigenvalue weighted by atomic mass is 32.2. The molecular weight excluding hydrogens is 308 g/mol. The Kier molecular flexibility index (Phi) is 3.79. The fourth-order valence-corrected chi connectivity index (χ4v) is 4.13. The van der Waals surface area contributed by atoms with Crippen molar-refractivity contribution in [2.24, 2.45) is 0 Å². The van der Waals surface area contributed by atoms with Gasteiger partial charge < -0.3 is 4.42 Å². The Labute approximate surface area is 126 Å². The van der Waals surface area contributed by atoms with Gasteiger partial charge in [0.25, 0.3) is 0 Å². The number of aromatic nitrogens is 1. The number of oxazole rings is 1. The molecule has 0 saturated carbocycles. The maximum absolute atomic E-state index is 12.0. The molecule has 0 unspecified atom stereocenters. The fraction of sp³-hybridized carbons (Fsp3) is 0.214. The van der Waals surface area contributed by atoms with Gasteiger partial charge in [0.15, 0.2) is 11.5 Å². The van der Waals surface area contributed by atoms with Crippen LogP contribution < -0.4 is 4.72 Å². The molecular formula is C14H14N2O3S2. The third kappa shape index (κ3) is 3.15. The van der Waals surface area contributed by atoms with Gasteiger partial charge in [0.05, 0.1) is 0 Å². The molecule has 0 fully saturated rings. The van der Waals surface area contributed by atoms with E-state index in [0.717, 1.165) is 16.7 Å². The van der Waals surface area contributed by atoms with E-state index in [1.807, 2.05) is 18.2 Å². The summed E-state index contributed by atoms with van der Waals surface area (Å²) in [6.07, 6.45) is 0.604. The summed E-state index contributed by atoms with van der Waals surface area (Å²) in [6, 6.07) is 9.02. The van der Waals surface area contributed by atoms with Crippen LogP contribution in [0.5, 0.6) is 0 Å². The van der Waals surface area contributed by atoms with E-state index in [0.29, 0.717) is 23.1 Å². The minimum atomic E-state index is -3.39. The Morgan fingerprint density at radius 3 is 2.95 bits per heavy atom. The Hall–Kier alpha value is -1.70. The lowest BCUT2D eigenvalue weighted by molar-refractivity contribution is 0.561. The molecule has 0 aliphatic carbocycles. The van der Waals surface area contributed by atoms with Gasteiger partial charge in [-0.15, -0.1) is 11.3 Å². The zero-order chi connectivity index (χ0) is 14.9. The van der Waals surface area contributed by atoms with Crippen LogP contribution in [0.3, 0.4) is 0 Å². The second-order valence-corrected chi connectivity index (χ2v) is 7.56. The van der Waals surface area contributed by atoms with Gasteiger partial charge in [0.1, 0.15) is 9.73 Å². The highest BCUT2D eigenvalue weighted by Gasteiger charge is 2.14. The molecule has 0 bridgehead atoms. The number of benzene rings is 1. The topological polar surface area (TPSA) is 72.2 Å². The van der Waals surface area contributed by atoms with Crippen molar-refractivity contribution >= 4 is 32.5 Å². The number of rotatable bonds is 5. The molecule has 2 aromatic heterocycles. The minimum Gasteiger partial charge on any atom is -0.441 e. The standard InChI is InChI=1S/C14H14N2O3S2/c1-10-16-12-9-11(4-5-13(12)19-10)6-7-15-21(17,18)14-3-2-8-20-14/h2-5,8-9,15H,6-7H2,1H3. The van der Waals surface area contributed by atoms with Crippen LogP contribution in [-0.2, 0) is 16.4 Å². The molecule has 0 aliphatic heterocycles. The third-order valence-corrected chi connectivity index (χ3v) is 5.88. The van der Waals surface area contributed by atoms with Crippen LogP contribution in [0.4, 0.5) is 0 Å². The lowest BCUT2D eigenvalue weighted by Crippen LogP contribution is -2.25. The maximum atomic E-state index is 12.0. The number of aryl methyl sites for hydroxylation is 1. The molecule has 0 radical (unpaired) electrons. The summed E-state index contributed by atoms with van der Waals surface area (Å²) < 4.78 is 32.3. The summed E-state index contributed by atoms with van der Waals surface area (Å²) in [5, 5.41) is 1.75. The van der Waals surface area contributed by atoms with Gasteiger partial charge in [-0.1, -0.05) is 12.1 Å². The fourth-order valence-electron chi connectivity index (χ4n) is 2.06. The average molecular weight is 322 g/mol. The maximum Gasteiger partial charge on any atom is 0.250 e. The number of hydrogen-bond acceptors (Lipinski definition) is 5. The van der Waals surface area contributed by atoms with Gasteiger partial charge in [-0.25, -0.2) is 18.1 Å². The van der Waals surface area contributed by atoms with E-state index >= 15 is 0 Å². The van der Waals surface area contributed by atoms with Gasteiger partial charge >= 0.3 is 0 Å². The first kappa shape index (κ1) is 14.2. The van der Waals surface area contributed by atoms with Crippen molar-refractivity contribution in [2.75, 3.05) is 6.54 Å². The largest absolute Gasteiger partial charge is 0.441 e. The van der Waals surface area contributed by atoms with Crippen molar-refractivity contribution < 1.29 is 12.8 Å². The summed E-state index contributed by atoms with van der Waals surface area (Å²) in [4.78, 5) is 4.27. The second kappa shape index (κ2) is 5.59. The molecule has 5 nitrogen and oxygen atoms in total. The van der Waals surface area contributed by atoms with Crippen LogP contribution in [0.2, 0.25) is 0 Å². The first-order valence-electron chi connectivity index (χ1n) is 6.44.